The van der Waals surface area contributed by atoms with Gasteiger partial charge in [-0.1, -0.05) is 27.7 Å². The number of nitrogen functional groups attached to an aromatic ring is 1. The SMILES string of the molecule is CC(C)C(C)(C)CNc1ncc(N)cc1Br. The van der Waals surface area contributed by atoms with Crippen LogP contribution in [-0.2, 0) is 0 Å². The molecule has 4 heteroatoms. The Labute approximate surface area is 106 Å². The van der Waals surface area contributed by atoms with Gasteiger partial charge in [0.15, 0.2) is 0 Å². The molecule has 0 amide bonds. The van der Waals surface area contributed by atoms with Crippen molar-refractivity contribution in [3.05, 3.63) is 16.7 Å². The maximum absolute atomic E-state index is 5.64. The van der Waals surface area contributed by atoms with Crippen LogP contribution in [0.4, 0.5) is 11.5 Å². The summed E-state index contributed by atoms with van der Waals surface area (Å²) in [6, 6.07) is 1.86. The molecule has 0 aliphatic carbocycles. The normalized spacial score (nSPS) is 11.9. The maximum Gasteiger partial charge on any atom is 0.140 e. The molecule has 90 valence electrons. The zero-order valence-electron chi connectivity index (χ0n) is 10.3. The Hall–Kier alpha value is -0.770. The van der Waals surface area contributed by atoms with Crippen molar-refractivity contribution in [3.8, 4) is 0 Å². The van der Waals surface area contributed by atoms with Crippen LogP contribution in [-0.4, -0.2) is 11.5 Å². The van der Waals surface area contributed by atoms with E-state index in [1.807, 2.05) is 6.07 Å². The van der Waals surface area contributed by atoms with E-state index in [1.165, 1.54) is 0 Å². The molecule has 0 atom stereocenters. The summed E-state index contributed by atoms with van der Waals surface area (Å²) >= 11 is 3.45. The molecule has 1 aromatic rings. The minimum Gasteiger partial charge on any atom is -0.397 e. The number of nitrogens with zero attached hydrogens (tertiary/aromatic N) is 1. The van der Waals surface area contributed by atoms with Crippen molar-refractivity contribution >= 4 is 27.4 Å². The van der Waals surface area contributed by atoms with Crippen molar-refractivity contribution < 1.29 is 0 Å². The van der Waals surface area contributed by atoms with Gasteiger partial charge in [-0.05, 0) is 33.3 Å². The van der Waals surface area contributed by atoms with Gasteiger partial charge >= 0.3 is 0 Å². The molecule has 0 spiro atoms. The Bertz CT molecular complexity index is 361. The molecule has 0 radical (unpaired) electrons. The van der Waals surface area contributed by atoms with Crippen LogP contribution >= 0.6 is 15.9 Å². The molecule has 0 aromatic carbocycles. The summed E-state index contributed by atoms with van der Waals surface area (Å²) in [5.74, 6) is 1.47. The lowest BCUT2D eigenvalue weighted by atomic mass is 9.81. The lowest BCUT2D eigenvalue weighted by Gasteiger charge is -2.29. The molecule has 0 aliphatic heterocycles. The van der Waals surface area contributed by atoms with Crippen LogP contribution in [0.3, 0.4) is 0 Å². The number of nitrogens with two attached hydrogens (primary N) is 1. The largest absolute Gasteiger partial charge is 0.397 e. The van der Waals surface area contributed by atoms with Gasteiger partial charge in [0.25, 0.3) is 0 Å². The lowest BCUT2D eigenvalue weighted by molar-refractivity contribution is 0.269. The summed E-state index contributed by atoms with van der Waals surface area (Å²) in [6.45, 7) is 9.84. The topological polar surface area (TPSA) is 50.9 Å². The number of aromatic nitrogens is 1. The third-order valence-electron chi connectivity index (χ3n) is 3.14. The van der Waals surface area contributed by atoms with Crippen molar-refractivity contribution in [1.82, 2.24) is 4.98 Å². The molecule has 16 heavy (non-hydrogen) atoms. The van der Waals surface area contributed by atoms with Crippen LogP contribution < -0.4 is 11.1 Å². The molecule has 0 saturated heterocycles. The summed E-state index contributed by atoms with van der Waals surface area (Å²) in [7, 11) is 0. The second kappa shape index (κ2) is 5.04. The zero-order chi connectivity index (χ0) is 12.3. The Balaban J connectivity index is 2.68. The van der Waals surface area contributed by atoms with Crippen LogP contribution in [0, 0.1) is 11.3 Å². The van der Waals surface area contributed by atoms with Crippen LogP contribution in [0.2, 0.25) is 0 Å². The molecule has 0 unspecified atom stereocenters. The van der Waals surface area contributed by atoms with Gasteiger partial charge in [0, 0.05) is 6.54 Å². The molecule has 3 N–H and O–H groups in total. The number of hydrogen-bond acceptors (Lipinski definition) is 3. The summed E-state index contributed by atoms with van der Waals surface area (Å²) in [5, 5.41) is 3.35. The first-order chi connectivity index (χ1) is 7.33. The number of pyridine rings is 1. The minimum absolute atomic E-state index is 0.239. The Morgan fingerprint density at radius 1 is 1.50 bits per heavy atom. The molecule has 1 heterocycles. The second-order valence-electron chi connectivity index (χ2n) is 5.10. The molecule has 1 aromatic heterocycles. The highest BCUT2D eigenvalue weighted by Crippen LogP contribution is 2.28. The van der Waals surface area contributed by atoms with E-state index in [2.05, 4.69) is 53.9 Å². The van der Waals surface area contributed by atoms with Gasteiger partial charge in [0.2, 0.25) is 0 Å². The molecule has 0 saturated carbocycles. The average Bonchev–Trinajstić information content (AvgIpc) is 2.16. The predicted molar refractivity (Wildman–Crippen MR) is 73.5 cm³/mol. The first-order valence-electron chi connectivity index (χ1n) is 5.48. The van der Waals surface area contributed by atoms with E-state index in [9.17, 15) is 0 Å². The van der Waals surface area contributed by atoms with E-state index in [-0.39, 0.29) is 5.41 Å². The highest BCUT2D eigenvalue weighted by molar-refractivity contribution is 9.10. The number of halogens is 1. The predicted octanol–water partition coefficient (Wildman–Crippen LogP) is 3.52. The monoisotopic (exact) mass is 285 g/mol. The van der Waals surface area contributed by atoms with Gasteiger partial charge in [-0.3, -0.25) is 0 Å². The van der Waals surface area contributed by atoms with E-state index in [1.54, 1.807) is 6.20 Å². The van der Waals surface area contributed by atoms with Gasteiger partial charge in [-0.25, -0.2) is 4.98 Å². The lowest BCUT2D eigenvalue weighted by Crippen LogP contribution is -2.28. The van der Waals surface area contributed by atoms with E-state index in [4.69, 9.17) is 5.73 Å². The van der Waals surface area contributed by atoms with Gasteiger partial charge in [-0.2, -0.15) is 0 Å². The first-order valence-corrected chi connectivity index (χ1v) is 6.27. The van der Waals surface area contributed by atoms with Gasteiger partial charge < -0.3 is 11.1 Å². The molecule has 3 nitrogen and oxygen atoms in total. The van der Waals surface area contributed by atoms with Crippen molar-refractivity contribution in [2.75, 3.05) is 17.6 Å². The Morgan fingerprint density at radius 3 is 2.62 bits per heavy atom. The minimum atomic E-state index is 0.239. The quantitative estimate of drug-likeness (QED) is 0.890. The fourth-order valence-corrected chi connectivity index (χ4v) is 1.61. The molecular weight excluding hydrogens is 266 g/mol. The highest BCUT2D eigenvalue weighted by Gasteiger charge is 2.22. The van der Waals surface area contributed by atoms with Crippen LogP contribution in [0.1, 0.15) is 27.7 Å². The van der Waals surface area contributed by atoms with Gasteiger partial charge in [-0.15, -0.1) is 0 Å². The average molecular weight is 286 g/mol. The first kappa shape index (κ1) is 13.3. The summed E-state index contributed by atoms with van der Waals surface area (Å²) < 4.78 is 0.909. The van der Waals surface area contributed by atoms with Crippen molar-refractivity contribution in [1.29, 1.82) is 0 Å². The maximum atomic E-state index is 5.64. The smallest absolute Gasteiger partial charge is 0.140 e. The van der Waals surface area contributed by atoms with Gasteiger partial charge in [0.05, 0.1) is 16.4 Å². The van der Waals surface area contributed by atoms with Crippen LogP contribution in [0.15, 0.2) is 16.7 Å². The van der Waals surface area contributed by atoms with E-state index >= 15 is 0 Å². The zero-order valence-corrected chi connectivity index (χ0v) is 11.9. The Kier molecular flexibility index (Phi) is 4.19. The van der Waals surface area contributed by atoms with Crippen molar-refractivity contribution in [2.45, 2.75) is 27.7 Å². The van der Waals surface area contributed by atoms with E-state index in [0.717, 1.165) is 16.8 Å². The van der Waals surface area contributed by atoms with Crippen LogP contribution in [0.25, 0.3) is 0 Å². The van der Waals surface area contributed by atoms with Crippen molar-refractivity contribution in [2.24, 2.45) is 11.3 Å². The number of hydrogen-bond donors (Lipinski definition) is 2. The molecule has 0 aliphatic rings. The van der Waals surface area contributed by atoms with Crippen LogP contribution in [0.5, 0.6) is 0 Å². The molecule has 0 bridgehead atoms. The standard InChI is InChI=1S/C12H20BrN3/c1-8(2)12(3,4)7-16-11-10(13)5-9(14)6-15-11/h5-6,8H,7,14H2,1-4H3,(H,15,16). The number of anilines is 2. The number of nitrogens with one attached hydrogen (secondary N) is 1. The summed E-state index contributed by atoms with van der Waals surface area (Å²) in [5.41, 5.74) is 6.54. The van der Waals surface area contributed by atoms with Crippen molar-refractivity contribution in [3.63, 3.8) is 0 Å². The second-order valence-corrected chi connectivity index (χ2v) is 5.95. The molecule has 1 rings (SSSR count). The summed E-state index contributed by atoms with van der Waals surface area (Å²) in [6.07, 6.45) is 1.66. The highest BCUT2D eigenvalue weighted by atomic mass is 79.9. The third-order valence-corrected chi connectivity index (χ3v) is 3.74. The fraction of sp³-hybridized carbons (Fsp3) is 0.583. The van der Waals surface area contributed by atoms with E-state index in [0.29, 0.717) is 11.6 Å². The van der Waals surface area contributed by atoms with E-state index < -0.39 is 0 Å². The number of rotatable bonds is 4. The molecular formula is C12H20BrN3. The Morgan fingerprint density at radius 2 is 2.12 bits per heavy atom. The molecule has 0 fully saturated rings. The fourth-order valence-electron chi connectivity index (χ4n) is 1.10. The van der Waals surface area contributed by atoms with Gasteiger partial charge in [0.1, 0.15) is 5.82 Å². The third kappa shape index (κ3) is 3.37. The summed E-state index contributed by atoms with van der Waals surface area (Å²) in [4.78, 5) is 4.26.